The number of hydrogen-bond acceptors (Lipinski definition) is 4. The van der Waals surface area contributed by atoms with Crippen LogP contribution >= 0.6 is 0 Å². The molecule has 9 heteroatoms. The van der Waals surface area contributed by atoms with Crippen molar-refractivity contribution in [2.75, 3.05) is 10.6 Å². The lowest BCUT2D eigenvalue weighted by molar-refractivity contribution is -0.152. The van der Waals surface area contributed by atoms with E-state index in [1.54, 1.807) is 24.3 Å². The molecule has 0 aromatic heterocycles. The van der Waals surface area contributed by atoms with Crippen molar-refractivity contribution in [2.24, 2.45) is 0 Å². The Morgan fingerprint density at radius 1 is 1.00 bits per heavy atom. The summed E-state index contributed by atoms with van der Waals surface area (Å²) in [6, 6.07) is 10.6. The number of halogens is 3. The number of alkyl halides is 3. The SMILES string of the molecule is CC(=O)Nc1ccc(NC(=O)[C@@H](C)OC(=O)Cc2cccc(C(F)(F)F)c2)cc1. The minimum Gasteiger partial charge on any atom is -0.452 e. The van der Waals surface area contributed by atoms with E-state index >= 15 is 0 Å². The van der Waals surface area contributed by atoms with Crippen molar-refractivity contribution < 1.29 is 32.3 Å². The van der Waals surface area contributed by atoms with Gasteiger partial charge in [0.1, 0.15) is 0 Å². The van der Waals surface area contributed by atoms with Crippen molar-refractivity contribution in [1.82, 2.24) is 0 Å². The van der Waals surface area contributed by atoms with Gasteiger partial charge in [0, 0.05) is 18.3 Å². The lowest BCUT2D eigenvalue weighted by atomic mass is 10.1. The molecular weight excluding hydrogens is 389 g/mol. The highest BCUT2D eigenvalue weighted by Crippen LogP contribution is 2.29. The van der Waals surface area contributed by atoms with E-state index in [4.69, 9.17) is 4.74 Å². The molecule has 2 aromatic rings. The standard InChI is InChI=1S/C20H19F3N2O4/c1-12(19(28)25-17-8-6-16(7-9-17)24-13(2)26)29-18(27)11-14-4-3-5-15(10-14)20(21,22)23/h3-10,12H,11H2,1-2H3,(H,24,26)(H,25,28)/t12-/m1/s1. The highest BCUT2D eigenvalue weighted by Gasteiger charge is 2.30. The molecule has 2 N–H and O–H groups in total. The summed E-state index contributed by atoms with van der Waals surface area (Å²) in [5, 5.41) is 5.12. The van der Waals surface area contributed by atoms with Crippen molar-refractivity contribution in [3.63, 3.8) is 0 Å². The molecule has 0 unspecified atom stereocenters. The molecule has 0 spiro atoms. The fourth-order valence-electron chi connectivity index (χ4n) is 2.40. The molecule has 0 saturated heterocycles. The Labute approximate surface area is 165 Å². The molecule has 0 aliphatic heterocycles. The zero-order valence-electron chi connectivity index (χ0n) is 15.7. The molecule has 6 nitrogen and oxygen atoms in total. The third-order valence-electron chi connectivity index (χ3n) is 3.75. The summed E-state index contributed by atoms with van der Waals surface area (Å²) >= 11 is 0. The third-order valence-corrected chi connectivity index (χ3v) is 3.75. The molecule has 154 valence electrons. The monoisotopic (exact) mass is 408 g/mol. The number of anilines is 2. The van der Waals surface area contributed by atoms with Gasteiger partial charge in [0.25, 0.3) is 5.91 Å². The van der Waals surface area contributed by atoms with E-state index in [0.717, 1.165) is 12.1 Å². The number of benzene rings is 2. The van der Waals surface area contributed by atoms with Crippen molar-refractivity contribution >= 4 is 29.2 Å². The predicted octanol–water partition coefficient (Wildman–Crippen LogP) is 3.78. The first-order chi connectivity index (χ1) is 13.5. The zero-order chi connectivity index (χ0) is 21.6. The predicted molar refractivity (Wildman–Crippen MR) is 100 cm³/mol. The number of esters is 1. The first-order valence-corrected chi connectivity index (χ1v) is 8.59. The minimum atomic E-state index is -4.51. The van der Waals surface area contributed by atoms with Gasteiger partial charge in [-0.25, -0.2) is 0 Å². The fraction of sp³-hybridized carbons (Fsp3) is 0.250. The summed E-state index contributed by atoms with van der Waals surface area (Å²) in [5.41, 5.74) is 0.239. The van der Waals surface area contributed by atoms with E-state index in [2.05, 4.69) is 10.6 Å². The lowest BCUT2D eigenvalue weighted by Crippen LogP contribution is -2.30. The molecule has 2 rings (SSSR count). The van der Waals surface area contributed by atoms with E-state index in [9.17, 15) is 27.6 Å². The maximum absolute atomic E-state index is 12.7. The van der Waals surface area contributed by atoms with Gasteiger partial charge in [-0.3, -0.25) is 14.4 Å². The Hall–Kier alpha value is -3.36. The number of hydrogen-bond donors (Lipinski definition) is 2. The molecule has 1 atom stereocenters. The van der Waals surface area contributed by atoms with Crippen molar-refractivity contribution in [1.29, 1.82) is 0 Å². The maximum Gasteiger partial charge on any atom is 0.416 e. The van der Waals surface area contributed by atoms with Crippen LogP contribution < -0.4 is 10.6 Å². The first-order valence-electron chi connectivity index (χ1n) is 8.59. The van der Waals surface area contributed by atoms with Crippen molar-refractivity contribution in [3.8, 4) is 0 Å². The maximum atomic E-state index is 12.7. The van der Waals surface area contributed by atoms with Gasteiger partial charge in [-0.1, -0.05) is 18.2 Å². The topological polar surface area (TPSA) is 84.5 Å². The quantitative estimate of drug-likeness (QED) is 0.713. The van der Waals surface area contributed by atoms with Crippen LogP contribution in [0.5, 0.6) is 0 Å². The molecule has 29 heavy (non-hydrogen) atoms. The smallest absolute Gasteiger partial charge is 0.416 e. The van der Waals surface area contributed by atoms with Gasteiger partial charge in [-0.15, -0.1) is 0 Å². The van der Waals surface area contributed by atoms with Crippen LogP contribution in [-0.2, 0) is 31.7 Å². The van der Waals surface area contributed by atoms with Crippen LogP contribution in [0.4, 0.5) is 24.5 Å². The van der Waals surface area contributed by atoms with Crippen LogP contribution in [0, 0.1) is 0 Å². The highest BCUT2D eigenvalue weighted by atomic mass is 19.4. The Bertz CT molecular complexity index is 895. The van der Waals surface area contributed by atoms with Crippen molar-refractivity contribution in [2.45, 2.75) is 32.5 Å². The van der Waals surface area contributed by atoms with Gasteiger partial charge in [0.05, 0.1) is 12.0 Å². The third kappa shape index (κ3) is 6.95. The summed E-state index contributed by atoms with van der Waals surface area (Å²) in [4.78, 5) is 35.1. The summed E-state index contributed by atoms with van der Waals surface area (Å²) in [7, 11) is 0. The van der Waals surface area contributed by atoms with Crippen LogP contribution in [0.25, 0.3) is 0 Å². The normalized spacial score (nSPS) is 12.0. The number of carbonyl (C=O) groups excluding carboxylic acids is 3. The molecule has 0 aliphatic rings. The molecule has 0 heterocycles. The number of amides is 2. The number of carbonyl (C=O) groups is 3. The van der Waals surface area contributed by atoms with Gasteiger partial charge in [-0.2, -0.15) is 13.2 Å². The second-order valence-electron chi connectivity index (χ2n) is 6.25. The fourth-order valence-corrected chi connectivity index (χ4v) is 2.40. The summed E-state index contributed by atoms with van der Waals surface area (Å²) in [6.07, 6.45) is -6.06. The van der Waals surface area contributed by atoms with Crippen LogP contribution in [0.1, 0.15) is 25.0 Å². The van der Waals surface area contributed by atoms with Crippen LogP contribution in [0.2, 0.25) is 0 Å². The summed E-state index contributed by atoms with van der Waals surface area (Å²) < 4.78 is 43.2. The average Bonchev–Trinajstić information content (AvgIpc) is 2.62. The van der Waals surface area contributed by atoms with E-state index < -0.39 is 36.1 Å². The first kappa shape index (κ1) is 21.9. The van der Waals surface area contributed by atoms with Crippen LogP contribution in [0.15, 0.2) is 48.5 Å². The summed E-state index contributed by atoms with van der Waals surface area (Å²) in [5.74, 6) is -1.66. The van der Waals surface area contributed by atoms with Gasteiger partial charge in [0.15, 0.2) is 6.10 Å². The molecule has 0 aliphatic carbocycles. The lowest BCUT2D eigenvalue weighted by Gasteiger charge is -2.14. The molecule has 0 saturated carbocycles. The molecule has 0 fully saturated rings. The van der Waals surface area contributed by atoms with E-state index in [0.29, 0.717) is 11.4 Å². The van der Waals surface area contributed by atoms with Crippen LogP contribution in [-0.4, -0.2) is 23.9 Å². The Morgan fingerprint density at radius 2 is 1.59 bits per heavy atom. The summed E-state index contributed by atoms with van der Waals surface area (Å²) in [6.45, 7) is 2.72. The molecule has 0 bridgehead atoms. The number of rotatable bonds is 6. The largest absolute Gasteiger partial charge is 0.452 e. The molecular formula is C20H19F3N2O4. The van der Waals surface area contributed by atoms with E-state index in [1.165, 1.54) is 26.0 Å². The number of nitrogens with one attached hydrogen (secondary N) is 2. The Kier molecular flexibility index (Phi) is 6.98. The van der Waals surface area contributed by atoms with E-state index in [1.807, 2.05) is 0 Å². The minimum absolute atomic E-state index is 0.131. The van der Waals surface area contributed by atoms with Gasteiger partial charge in [-0.05, 0) is 42.8 Å². The molecule has 2 amide bonds. The highest BCUT2D eigenvalue weighted by molar-refractivity contribution is 5.95. The van der Waals surface area contributed by atoms with Gasteiger partial charge >= 0.3 is 12.1 Å². The average molecular weight is 408 g/mol. The molecule has 0 radical (unpaired) electrons. The Morgan fingerprint density at radius 3 is 2.14 bits per heavy atom. The van der Waals surface area contributed by atoms with Gasteiger partial charge in [0.2, 0.25) is 5.91 Å². The second-order valence-corrected chi connectivity index (χ2v) is 6.25. The van der Waals surface area contributed by atoms with Crippen LogP contribution in [0.3, 0.4) is 0 Å². The second kappa shape index (κ2) is 9.22. The molecule has 2 aromatic carbocycles. The van der Waals surface area contributed by atoms with Gasteiger partial charge < -0.3 is 15.4 Å². The zero-order valence-corrected chi connectivity index (χ0v) is 15.7. The van der Waals surface area contributed by atoms with E-state index in [-0.39, 0.29) is 11.5 Å². The van der Waals surface area contributed by atoms with Crippen molar-refractivity contribution in [3.05, 3.63) is 59.7 Å². The number of ether oxygens (including phenoxy) is 1. The Balaban J connectivity index is 1.90.